The minimum Gasteiger partial charge on any atom is -0.453 e. The Labute approximate surface area is 313 Å². The van der Waals surface area contributed by atoms with Gasteiger partial charge in [0.25, 0.3) is 5.91 Å². The van der Waals surface area contributed by atoms with Crippen molar-refractivity contribution < 1.29 is 23.9 Å². The van der Waals surface area contributed by atoms with Gasteiger partial charge in [-0.25, -0.2) is 14.8 Å². The van der Waals surface area contributed by atoms with Crippen LogP contribution in [0, 0.1) is 0 Å². The fourth-order valence-corrected chi connectivity index (χ4v) is 7.51. The number of imidazole rings is 2. The van der Waals surface area contributed by atoms with Crippen LogP contribution in [0.3, 0.4) is 0 Å². The summed E-state index contributed by atoms with van der Waals surface area (Å²) < 4.78 is 4.82. The molecule has 0 unspecified atom stereocenters. The number of nitrogens with zero attached hydrogens (tertiary/aromatic N) is 4. The molecular weight excluding hydrogens is 685 g/mol. The van der Waals surface area contributed by atoms with Gasteiger partial charge in [-0.2, -0.15) is 0 Å². The predicted octanol–water partition coefficient (Wildman–Crippen LogP) is 6.08. The van der Waals surface area contributed by atoms with Gasteiger partial charge < -0.3 is 35.1 Å². The fourth-order valence-electron chi connectivity index (χ4n) is 7.51. The smallest absolute Gasteiger partial charge is 0.407 e. The van der Waals surface area contributed by atoms with Gasteiger partial charge >= 0.3 is 6.09 Å². The maximum Gasteiger partial charge on any atom is 0.407 e. The highest BCUT2D eigenvalue weighted by atomic mass is 16.5. The second-order valence-electron chi connectivity index (χ2n) is 13.8. The second-order valence-corrected chi connectivity index (χ2v) is 13.8. The third-order valence-corrected chi connectivity index (χ3v) is 10.2. The molecule has 0 spiro atoms. The van der Waals surface area contributed by atoms with Gasteiger partial charge in [0.1, 0.15) is 23.7 Å². The van der Waals surface area contributed by atoms with Crippen molar-refractivity contribution in [2.45, 2.75) is 63.7 Å². The maximum absolute atomic E-state index is 13.9. The number of carbonyl (C=O) groups is 4. The summed E-state index contributed by atoms with van der Waals surface area (Å²) in [6.45, 7) is 4.31. The van der Waals surface area contributed by atoms with Gasteiger partial charge in [-0.3, -0.25) is 14.4 Å². The molecule has 2 aromatic heterocycles. The highest BCUT2D eigenvalue weighted by Crippen LogP contribution is 2.35. The predicted molar refractivity (Wildman–Crippen MR) is 202 cm³/mol. The number of methoxy groups -OCH3 is 1. The number of nitrogens with one attached hydrogen (secondary N) is 4. The largest absolute Gasteiger partial charge is 0.453 e. The molecule has 2 aliphatic rings. The highest BCUT2D eigenvalue weighted by Gasteiger charge is 2.37. The Morgan fingerprint density at radius 2 is 1.19 bits per heavy atom. The zero-order chi connectivity index (χ0) is 37.8. The Morgan fingerprint density at radius 1 is 0.704 bits per heavy atom. The van der Waals surface area contributed by atoms with Crippen molar-refractivity contribution in [2.75, 3.05) is 20.2 Å². The number of benzene rings is 3. The number of hydrogen-bond donors (Lipinski definition) is 4. The number of ether oxygens (including phenoxy) is 1. The molecule has 0 radical (unpaired) electrons. The molecule has 0 bridgehead atoms. The van der Waals surface area contributed by atoms with E-state index in [1.54, 1.807) is 29.1 Å². The minimum absolute atomic E-state index is 0.106. The average Bonchev–Trinajstić information content (AvgIpc) is 4.03. The molecule has 4 N–H and O–H groups in total. The zero-order valence-corrected chi connectivity index (χ0v) is 30.5. The summed E-state index contributed by atoms with van der Waals surface area (Å²) in [5, 5.41) is 5.40. The number of H-pyrrole nitrogens is 2. The van der Waals surface area contributed by atoms with Crippen LogP contribution in [0.25, 0.3) is 33.6 Å². The van der Waals surface area contributed by atoms with Gasteiger partial charge in [-0.05, 0) is 60.4 Å². The Bertz CT molecular complexity index is 2110. The molecule has 4 amide bonds. The molecule has 4 heterocycles. The topological polar surface area (TPSA) is 165 Å². The lowest BCUT2D eigenvalue weighted by atomic mass is 10.0. The van der Waals surface area contributed by atoms with Crippen molar-refractivity contribution in [1.29, 1.82) is 0 Å². The third kappa shape index (κ3) is 7.61. The lowest BCUT2D eigenvalue weighted by Gasteiger charge is -2.28. The van der Waals surface area contributed by atoms with Crippen molar-refractivity contribution in [2.24, 2.45) is 0 Å². The van der Waals surface area contributed by atoms with Crippen molar-refractivity contribution in [3.05, 3.63) is 108 Å². The van der Waals surface area contributed by atoms with Crippen molar-refractivity contribution >= 4 is 23.8 Å². The van der Waals surface area contributed by atoms with Crippen LogP contribution in [0.2, 0.25) is 0 Å². The number of alkyl carbamates (subject to hydrolysis) is 1. The van der Waals surface area contributed by atoms with Crippen LogP contribution in [-0.2, 0) is 19.1 Å². The lowest BCUT2D eigenvalue weighted by molar-refractivity contribution is -0.136. The Kier molecular flexibility index (Phi) is 10.6. The van der Waals surface area contributed by atoms with Crippen LogP contribution in [0.4, 0.5) is 4.79 Å². The van der Waals surface area contributed by atoms with E-state index in [-0.39, 0.29) is 29.8 Å². The monoisotopic (exact) mass is 728 g/mol. The van der Waals surface area contributed by atoms with E-state index in [0.29, 0.717) is 24.5 Å². The third-order valence-electron chi connectivity index (χ3n) is 10.2. The quantitative estimate of drug-likeness (QED) is 0.135. The highest BCUT2D eigenvalue weighted by molar-refractivity contribution is 5.88. The van der Waals surface area contributed by atoms with Crippen LogP contribution in [0.5, 0.6) is 0 Å². The van der Waals surface area contributed by atoms with E-state index in [9.17, 15) is 19.2 Å². The molecular formula is C41H44N8O5. The summed E-state index contributed by atoms with van der Waals surface area (Å²) in [5.41, 5.74) is 6.47. The van der Waals surface area contributed by atoms with Gasteiger partial charge in [-0.1, -0.05) is 78.9 Å². The SMILES string of the molecule is COC(=O)N[C@@H](C(=O)N1CCC[C@H]1c1ncc(-c2ccc(-c3ccc(-c4cnc([C@@H]5CCCN5C(=O)[C@@H](C)NC(C)=O)[nH]4)cc3)cc2)[nH]1)c1ccccc1. The van der Waals surface area contributed by atoms with E-state index < -0.39 is 18.2 Å². The van der Waals surface area contributed by atoms with Crippen LogP contribution < -0.4 is 10.6 Å². The number of likely N-dealkylation sites (tertiary alicyclic amines) is 2. The first-order valence-electron chi connectivity index (χ1n) is 18.3. The van der Waals surface area contributed by atoms with Gasteiger partial charge in [0.2, 0.25) is 11.8 Å². The molecule has 7 rings (SSSR count). The number of hydrogen-bond acceptors (Lipinski definition) is 7. The number of carbonyl (C=O) groups excluding carboxylic acids is 4. The van der Waals surface area contributed by atoms with Gasteiger partial charge in [-0.15, -0.1) is 0 Å². The van der Waals surface area contributed by atoms with E-state index >= 15 is 0 Å². The first-order valence-corrected chi connectivity index (χ1v) is 18.3. The maximum atomic E-state index is 13.9. The van der Waals surface area contributed by atoms with Crippen molar-refractivity contribution in [1.82, 2.24) is 40.4 Å². The Hall–Kier alpha value is -6.24. The van der Waals surface area contributed by atoms with E-state index in [4.69, 9.17) is 4.74 Å². The standard InChI is InChI=1S/C41H44N8O5/c1-25(44-26(2)50)39(51)48-21-7-11-34(48)37-42-23-32(45-37)29-17-13-27(14-18-29)28-15-19-30(20-16-28)33-24-43-38(46-33)35-12-8-22-49(35)40(52)36(47-41(53)54-3)31-9-5-4-6-10-31/h4-6,9-10,13-20,23-25,34-36H,7-8,11-12,21-22H2,1-3H3,(H,42,45)(H,43,46)(H,44,50)(H,47,53)/t25-,34+,35+,36-/m1/s1. The van der Waals surface area contributed by atoms with Gasteiger partial charge in [0, 0.05) is 20.0 Å². The number of amides is 4. The lowest BCUT2D eigenvalue weighted by Crippen LogP contribution is -2.46. The summed E-state index contributed by atoms with van der Waals surface area (Å²) in [7, 11) is 1.28. The zero-order valence-electron chi connectivity index (χ0n) is 30.5. The Morgan fingerprint density at radius 3 is 1.67 bits per heavy atom. The van der Waals surface area contributed by atoms with E-state index in [2.05, 4.69) is 67.0 Å². The van der Waals surface area contributed by atoms with Crippen LogP contribution in [-0.4, -0.2) is 79.8 Å². The minimum atomic E-state index is -0.876. The number of aromatic amines is 2. The van der Waals surface area contributed by atoms with E-state index in [1.165, 1.54) is 14.0 Å². The molecule has 278 valence electrons. The second kappa shape index (κ2) is 15.8. The average molecular weight is 729 g/mol. The molecule has 2 saturated heterocycles. The fraction of sp³-hybridized carbons (Fsp3) is 0.317. The van der Waals surface area contributed by atoms with Crippen LogP contribution in [0.15, 0.2) is 91.3 Å². The number of aromatic nitrogens is 4. The summed E-state index contributed by atoms with van der Waals surface area (Å²) in [4.78, 5) is 70.4. The van der Waals surface area contributed by atoms with Crippen molar-refractivity contribution in [3.63, 3.8) is 0 Å². The van der Waals surface area contributed by atoms with Gasteiger partial charge in [0.05, 0.1) is 43.0 Å². The molecule has 4 atom stereocenters. The van der Waals surface area contributed by atoms with Crippen LogP contribution >= 0.6 is 0 Å². The Balaban J connectivity index is 1.01. The molecule has 5 aromatic rings. The normalized spacial score (nSPS) is 17.9. The molecule has 13 heteroatoms. The van der Waals surface area contributed by atoms with E-state index in [0.717, 1.165) is 65.1 Å². The molecule has 3 aromatic carbocycles. The molecule has 13 nitrogen and oxygen atoms in total. The molecule has 2 aliphatic heterocycles. The summed E-state index contributed by atoms with van der Waals surface area (Å²) >= 11 is 0. The molecule has 0 saturated carbocycles. The summed E-state index contributed by atoms with van der Waals surface area (Å²) in [5.74, 6) is 0.898. The van der Waals surface area contributed by atoms with E-state index in [1.807, 2.05) is 42.5 Å². The van der Waals surface area contributed by atoms with Gasteiger partial charge in [0.15, 0.2) is 0 Å². The molecule has 54 heavy (non-hydrogen) atoms. The number of rotatable bonds is 10. The summed E-state index contributed by atoms with van der Waals surface area (Å²) in [6.07, 6.45) is 6.19. The van der Waals surface area contributed by atoms with Crippen LogP contribution in [0.1, 0.15) is 74.9 Å². The first-order chi connectivity index (χ1) is 26.2. The molecule has 0 aliphatic carbocycles. The van der Waals surface area contributed by atoms with Crippen molar-refractivity contribution in [3.8, 4) is 33.6 Å². The molecule has 2 fully saturated rings. The summed E-state index contributed by atoms with van der Waals surface area (Å²) in [6, 6.07) is 23.8. The first kappa shape index (κ1) is 36.1.